The maximum Gasteiger partial charge on any atom is 0.573 e. The third-order valence-corrected chi connectivity index (χ3v) is 3.23. The fraction of sp³-hybridized carbons (Fsp3) is 0.250. The molecule has 21 heavy (non-hydrogen) atoms. The minimum absolute atomic E-state index is 0.243. The Bertz CT molecular complexity index is 582. The van der Waals surface area contributed by atoms with Crippen molar-refractivity contribution in [2.24, 2.45) is 0 Å². The molecule has 0 radical (unpaired) electrons. The highest BCUT2D eigenvalue weighted by atomic mass is 19.4. The number of benzene rings is 2. The SMILES string of the molecule is CC(c1ccccc1)C(O)c1cccc(OC(F)(F)F)c1. The van der Waals surface area contributed by atoms with Gasteiger partial charge in [-0.15, -0.1) is 13.2 Å². The molecule has 0 amide bonds. The fourth-order valence-electron chi connectivity index (χ4n) is 2.12. The molecule has 2 unspecified atom stereocenters. The van der Waals surface area contributed by atoms with E-state index in [4.69, 9.17) is 0 Å². The van der Waals surface area contributed by atoms with Crippen molar-refractivity contribution in [1.29, 1.82) is 0 Å². The number of halogens is 3. The molecule has 0 aliphatic rings. The lowest BCUT2D eigenvalue weighted by atomic mass is 9.91. The van der Waals surface area contributed by atoms with Crippen LogP contribution in [0.3, 0.4) is 0 Å². The Morgan fingerprint density at radius 2 is 1.57 bits per heavy atom. The number of alkyl halides is 3. The lowest BCUT2D eigenvalue weighted by Gasteiger charge is -2.20. The zero-order valence-corrected chi connectivity index (χ0v) is 11.3. The van der Waals surface area contributed by atoms with Crippen molar-refractivity contribution in [3.8, 4) is 5.75 Å². The first-order chi connectivity index (χ1) is 9.87. The molecule has 0 heterocycles. The number of rotatable bonds is 4. The van der Waals surface area contributed by atoms with Crippen LogP contribution in [0.1, 0.15) is 30.1 Å². The van der Waals surface area contributed by atoms with Gasteiger partial charge in [0.1, 0.15) is 5.75 Å². The van der Waals surface area contributed by atoms with Gasteiger partial charge in [0.25, 0.3) is 0 Å². The van der Waals surface area contributed by atoms with Crippen LogP contribution in [0.5, 0.6) is 5.75 Å². The van der Waals surface area contributed by atoms with Crippen molar-refractivity contribution in [2.75, 3.05) is 0 Å². The molecule has 112 valence electrons. The number of ether oxygens (including phenoxy) is 1. The number of aliphatic hydroxyl groups excluding tert-OH is 1. The molecule has 0 aliphatic heterocycles. The third-order valence-electron chi connectivity index (χ3n) is 3.23. The van der Waals surface area contributed by atoms with Crippen molar-refractivity contribution < 1.29 is 23.0 Å². The average Bonchev–Trinajstić information content (AvgIpc) is 2.45. The summed E-state index contributed by atoms with van der Waals surface area (Å²) in [6.07, 6.45) is -5.65. The molecule has 0 spiro atoms. The van der Waals surface area contributed by atoms with Gasteiger partial charge in [0.2, 0.25) is 0 Å². The number of hydrogen-bond donors (Lipinski definition) is 1. The van der Waals surface area contributed by atoms with Crippen LogP contribution in [0, 0.1) is 0 Å². The van der Waals surface area contributed by atoms with Gasteiger partial charge in [-0.05, 0) is 23.3 Å². The molecule has 5 heteroatoms. The standard InChI is InChI=1S/C16H15F3O2/c1-11(12-6-3-2-4-7-12)15(20)13-8-5-9-14(10-13)21-16(17,18)19/h2-11,15,20H,1H3. The normalized spacial score (nSPS) is 14.5. The van der Waals surface area contributed by atoms with Crippen LogP contribution in [0.2, 0.25) is 0 Å². The monoisotopic (exact) mass is 296 g/mol. The summed E-state index contributed by atoms with van der Waals surface area (Å²) in [5, 5.41) is 10.3. The smallest absolute Gasteiger partial charge is 0.406 e. The fourth-order valence-corrected chi connectivity index (χ4v) is 2.12. The Morgan fingerprint density at radius 1 is 0.952 bits per heavy atom. The van der Waals surface area contributed by atoms with Crippen molar-refractivity contribution in [3.63, 3.8) is 0 Å². The van der Waals surface area contributed by atoms with Crippen LogP contribution >= 0.6 is 0 Å². The molecule has 2 nitrogen and oxygen atoms in total. The zero-order chi connectivity index (χ0) is 15.5. The molecule has 0 saturated carbocycles. The Balaban J connectivity index is 2.19. The van der Waals surface area contributed by atoms with E-state index >= 15 is 0 Å². The zero-order valence-electron chi connectivity index (χ0n) is 11.3. The van der Waals surface area contributed by atoms with Crippen molar-refractivity contribution >= 4 is 0 Å². The molecular formula is C16H15F3O2. The van der Waals surface area contributed by atoms with Gasteiger partial charge >= 0.3 is 6.36 Å². The van der Waals surface area contributed by atoms with Crippen LogP contribution in [0.4, 0.5) is 13.2 Å². The second-order valence-corrected chi connectivity index (χ2v) is 4.76. The van der Waals surface area contributed by atoms with Crippen molar-refractivity contribution in [3.05, 3.63) is 65.7 Å². The lowest BCUT2D eigenvalue weighted by Crippen LogP contribution is -2.17. The van der Waals surface area contributed by atoms with E-state index in [9.17, 15) is 18.3 Å². The minimum atomic E-state index is -4.74. The van der Waals surface area contributed by atoms with Gasteiger partial charge in [0.15, 0.2) is 0 Å². The molecule has 0 fully saturated rings. The van der Waals surface area contributed by atoms with Crippen LogP contribution < -0.4 is 4.74 Å². The van der Waals surface area contributed by atoms with Crippen LogP contribution in [-0.4, -0.2) is 11.5 Å². The molecule has 1 N–H and O–H groups in total. The molecule has 2 aromatic carbocycles. The molecule has 2 aromatic rings. The van der Waals surface area contributed by atoms with E-state index in [0.717, 1.165) is 5.56 Å². The highest BCUT2D eigenvalue weighted by Crippen LogP contribution is 2.33. The van der Waals surface area contributed by atoms with Gasteiger partial charge in [0.05, 0.1) is 6.10 Å². The maximum atomic E-state index is 12.2. The highest BCUT2D eigenvalue weighted by molar-refractivity contribution is 5.32. The minimum Gasteiger partial charge on any atom is -0.406 e. The van der Waals surface area contributed by atoms with Crippen LogP contribution in [0.25, 0.3) is 0 Å². The van der Waals surface area contributed by atoms with Gasteiger partial charge in [-0.1, -0.05) is 49.4 Å². The average molecular weight is 296 g/mol. The summed E-state index contributed by atoms with van der Waals surface area (Å²) >= 11 is 0. The summed E-state index contributed by atoms with van der Waals surface area (Å²) in [6, 6.07) is 14.7. The van der Waals surface area contributed by atoms with Gasteiger partial charge in [0, 0.05) is 5.92 Å². The van der Waals surface area contributed by atoms with Gasteiger partial charge < -0.3 is 9.84 Å². The predicted molar refractivity (Wildman–Crippen MR) is 72.9 cm³/mol. The molecule has 2 atom stereocenters. The summed E-state index contributed by atoms with van der Waals surface area (Å²) in [4.78, 5) is 0. The molecular weight excluding hydrogens is 281 g/mol. The third kappa shape index (κ3) is 4.23. The summed E-state index contributed by atoms with van der Waals surface area (Å²) in [7, 11) is 0. The van der Waals surface area contributed by atoms with E-state index in [0.29, 0.717) is 5.56 Å². The van der Waals surface area contributed by atoms with Crippen molar-refractivity contribution in [1.82, 2.24) is 0 Å². The second kappa shape index (κ2) is 6.18. The van der Waals surface area contributed by atoms with Gasteiger partial charge in [-0.2, -0.15) is 0 Å². The van der Waals surface area contributed by atoms with E-state index < -0.39 is 12.5 Å². The second-order valence-electron chi connectivity index (χ2n) is 4.76. The number of aliphatic hydroxyl groups is 1. The molecule has 0 bridgehead atoms. The maximum absolute atomic E-state index is 12.2. The Morgan fingerprint density at radius 3 is 2.19 bits per heavy atom. The van der Waals surface area contributed by atoms with Gasteiger partial charge in [-0.3, -0.25) is 0 Å². The highest BCUT2D eigenvalue weighted by Gasteiger charge is 2.31. The van der Waals surface area contributed by atoms with E-state index in [1.165, 1.54) is 18.2 Å². The first-order valence-electron chi connectivity index (χ1n) is 6.45. The van der Waals surface area contributed by atoms with E-state index in [1.54, 1.807) is 6.07 Å². The predicted octanol–water partition coefficient (Wildman–Crippen LogP) is 4.42. The van der Waals surface area contributed by atoms with Crippen molar-refractivity contribution in [2.45, 2.75) is 25.3 Å². The topological polar surface area (TPSA) is 29.5 Å². The number of hydrogen-bond acceptors (Lipinski definition) is 2. The van der Waals surface area contributed by atoms with E-state index in [2.05, 4.69) is 4.74 Å². The summed E-state index contributed by atoms with van der Waals surface area (Å²) in [6.45, 7) is 1.82. The Kier molecular flexibility index (Phi) is 4.53. The Labute approximate surface area is 120 Å². The molecule has 2 rings (SSSR count). The first-order valence-corrected chi connectivity index (χ1v) is 6.45. The quantitative estimate of drug-likeness (QED) is 0.905. The van der Waals surface area contributed by atoms with E-state index in [-0.39, 0.29) is 11.7 Å². The van der Waals surface area contributed by atoms with Crippen LogP contribution in [-0.2, 0) is 0 Å². The van der Waals surface area contributed by atoms with E-state index in [1.807, 2.05) is 37.3 Å². The largest absolute Gasteiger partial charge is 0.573 e. The summed E-state index contributed by atoms with van der Waals surface area (Å²) in [5.41, 5.74) is 1.29. The lowest BCUT2D eigenvalue weighted by molar-refractivity contribution is -0.274. The summed E-state index contributed by atoms with van der Waals surface area (Å²) < 4.78 is 40.5. The van der Waals surface area contributed by atoms with Gasteiger partial charge in [-0.25, -0.2) is 0 Å². The molecule has 0 aromatic heterocycles. The molecule has 0 aliphatic carbocycles. The van der Waals surface area contributed by atoms with Crippen LogP contribution in [0.15, 0.2) is 54.6 Å². The first kappa shape index (κ1) is 15.4. The Hall–Kier alpha value is -2.01. The molecule has 0 saturated heterocycles. The summed E-state index contributed by atoms with van der Waals surface area (Å²) in [5.74, 6) is -0.577.